The van der Waals surface area contributed by atoms with Gasteiger partial charge in [0.2, 0.25) is 18.2 Å². The minimum Gasteiger partial charge on any atom is -0.370 e. The van der Waals surface area contributed by atoms with Gasteiger partial charge in [-0.15, -0.1) is 0 Å². The molecule has 2 heterocycles. The number of likely N-dealkylation sites (tertiary alicyclic amines) is 1. The zero-order chi connectivity index (χ0) is 35.7. The van der Waals surface area contributed by atoms with Gasteiger partial charge in [0.05, 0.1) is 24.3 Å². The van der Waals surface area contributed by atoms with Crippen molar-refractivity contribution in [3.63, 3.8) is 0 Å². The number of primary amides is 1. The lowest BCUT2D eigenvalue weighted by Crippen LogP contribution is -2.47. The standard InChI is InChI=1S/C33H40F2N5O8P/c1-4-47-49(46-3)48-33(34,35)23-9-11-26-22(16-23)17-27(39-26)31(44)37-20(2)15-21-7-5-6-8-25(21)28-12-13-29(40(28)19-42)32(45)38-24(18-41)10-14-30(36)43/h5-9,11,16-20,24,28-29,39H,4,10,12-15H2,1-3H3,(H2,36,43)(H,37,44)(H,38,45). The van der Waals surface area contributed by atoms with Crippen molar-refractivity contribution >= 4 is 49.9 Å². The fourth-order valence-electron chi connectivity index (χ4n) is 5.84. The third kappa shape index (κ3) is 9.44. The van der Waals surface area contributed by atoms with Crippen molar-refractivity contribution in [3.05, 3.63) is 70.9 Å². The number of benzene rings is 2. The number of nitrogens with zero attached hydrogens (tertiary/aromatic N) is 1. The normalized spacial score (nSPS) is 18.1. The lowest BCUT2D eigenvalue weighted by Gasteiger charge is -2.28. The predicted octanol–water partition coefficient (Wildman–Crippen LogP) is 4.12. The van der Waals surface area contributed by atoms with E-state index in [-0.39, 0.29) is 31.2 Å². The van der Waals surface area contributed by atoms with Gasteiger partial charge >= 0.3 is 14.7 Å². The van der Waals surface area contributed by atoms with Gasteiger partial charge in [-0.3, -0.25) is 19.2 Å². The largest absolute Gasteiger partial charge is 0.389 e. The number of carbonyl (C=O) groups is 5. The number of alkyl halides is 2. The number of hydrogen-bond donors (Lipinski definition) is 4. The lowest BCUT2D eigenvalue weighted by molar-refractivity contribution is -0.192. The summed E-state index contributed by atoms with van der Waals surface area (Å²) in [5, 5.41) is 5.91. The van der Waals surface area contributed by atoms with Gasteiger partial charge in [0.25, 0.3) is 5.91 Å². The second-order valence-corrected chi connectivity index (χ2v) is 12.9. The molecule has 16 heteroatoms. The van der Waals surface area contributed by atoms with Crippen molar-refractivity contribution in [1.82, 2.24) is 20.5 Å². The van der Waals surface area contributed by atoms with Gasteiger partial charge in [-0.2, -0.15) is 8.78 Å². The second-order valence-electron chi connectivity index (χ2n) is 11.6. The SMILES string of the molecule is CCOP(OC)OC(F)(F)c1ccc2[nH]c(C(=O)NC(C)Cc3ccccc3C3CCC(C(=O)NC(C=O)CCC(N)=O)N3C=O)cc2c1. The van der Waals surface area contributed by atoms with Crippen LogP contribution < -0.4 is 16.4 Å². The molecule has 3 aromatic rings. The van der Waals surface area contributed by atoms with Crippen LogP contribution in [0.3, 0.4) is 0 Å². The maximum atomic E-state index is 14.8. The molecule has 13 nitrogen and oxygen atoms in total. The van der Waals surface area contributed by atoms with Gasteiger partial charge in [0.1, 0.15) is 18.0 Å². The zero-order valence-corrected chi connectivity index (χ0v) is 28.2. The molecule has 5 N–H and O–H groups in total. The molecule has 4 rings (SSSR count). The molecule has 0 saturated carbocycles. The minimum absolute atomic E-state index is 0.0590. The smallest absolute Gasteiger partial charge is 0.370 e. The molecule has 0 aliphatic carbocycles. The Morgan fingerprint density at radius 1 is 1.14 bits per heavy atom. The molecule has 1 aromatic heterocycles. The Morgan fingerprint density at radius 3 is 2.57 bits per heavy atom. The number of H-pyrrole nitrogens is 1. The van der Waals surface area contributed by atoms with Gasteiger partial charge in [-0.1, -0.05) is 24.3 Å². The molecular weight excluding hydrogens is 663 g/mol. The second kappa shape index (κ2) is 16.9. The van der Waals surface area contributed by atoms with Crippen molar-refractivity contribution in [3.8, 4) is 0 Å². The van der Waals surface area contributed by atoms with Crippen LogP contribution in [0.5, 0.6) is 0 Å². The topological polar surface area (TPSA) is 182 Å². The summed E-state index contributed by atoms with van der Waals surface area (Å²) in [7, 11) is -1.04. The Hall–Kier alpha value is -4.30. The van der Waals surface area contributed by atoms with Gasteiger partial charge in [-0.25, -0.2) is 4.52 Å². The summed E-state index contributed by atoms with van der Waals surface area (Å²) in [6.07, 6.45) is -1.33. The van der Waals surface area contributed by atoms with E-state index in [2.05, 4.69) is 15.6 Å². The number of nitrogens with two attached hydrogens (primary N) is 1. The quantitative estimate of drug-likeness (QED) is 0.113. The van der Waals surface area contributed by atoms with Crippen molar-refractivity contribution in [2.75, 3.05) is 13.7 Å². The number of fused-ring (bicyclic) bond motifs is 1. The Morgan fingerprint density at radius 2 is 1.90 bits per heavy atom. The molecule has 1 fully saturated rings. The molecule has 0 radical (unpaired) electrons. The molecule has 0 bridgehead atoms. The van der Waals surface area contributed by atoms with Crippen molar-refractivity contribution in [2.24, 2.45) is 5.73 Å². The highest BCUT2D eigenvalue weighted by atomic mass is 31.2. The van der Waals surface area contributed by atoms with Crippen molar-refractivity contribution in [1.29, 1.82) is 0 Å². The van der Waals surface area contributed by atoms with Crippen molar-refractivity contribution in [2.45, 2.75) is 76.2 Å². The first-order chi connectivity index (χ1) is 23.4. The first-order valence-corrected chi connectivity index (χ1v) is 16.8. The van der Waals surface area contributed by atoms with Crippen LogP contribution in [0.1, 0.15) is 72.8 Å². The van der Waals surface area contributed by atoms with Crippen LogP contribution in [0.2, 0.25) is 0 Å². The summed E-state index contributed by atoms with van der Waals surface area (Å²) >= 11 is 0. The van der Waals surface area contributed by atoms with E-state index < -0.39 is 56.1 Å². The third-order valence-electron chi connectivity index (χ3n) is 8.14. The summed E-state index contributed by atoms with van der Waals surface area (Å²) < 4.78 is 44.4. The van der Waals surface area contributed by atoms with Crippen LogP contribution >= 0.6 is 8.60 Å². The number of nitrogens with one attached hydrogen (secondary N) is 3. The third-order valence-corrected chi connectivity index (χ3v) is 9.29. The first kappa shape index (κ1) is 37.5. The van der Waals surface area contributed by atoms with E-state index in [4.69, 9.17) is 19.3 Å². The highest BCUT2D eigenvalue weighted by Gasteiger charge is 2.40. The number of rotatable bonds is 18. The molecule has 1 aliphatic rings. The van der Waals surface area contributed by atoms with E-state index in [0.717, 1.165) is 11.1 Å². The van der Waals surface area contributed by atoms with E-state index >= 15 is 0 Å². The number of amides is 4. The van der Waals surface area contributed by atoms with E-state index in [9.17, 15) is 32.8 Å². The number of carbonyl (C=O) groups excluding carboxylic acids is 5. The molecule has 5 unspecified atom stereocenters. The molecule has 4 amide bonds. The van der Waals surface area contributed by atoms with E-state index in [1.54, 1.807) is 6.92 Å². The van der Waals surface area contributed by atoms with E-state index in [0.29, 0.717) is 42.9 Å². The Kier molecular flexibility index (Phi) is 12.9. The lowest BCUT2D eigenvalue weighted by atomic mass is 9.94. The summed E-state index contributed by atoms with van der Waals surface area (Å²) in [6, 6.07) is 10.2. The Labute approximate surface area is 283 Å². The van der Waals surface area contributed by atoms with Crippen LogP contribution in [0, 0.1) is 0 Å². The molecule has 2 aromatic carbocycles. The van der Waals surface area contributed by atoms with Crippen LogP contribution in [-0.4, -0.2) is 72.1 Å². The maximum absolute atomic E-state index is 14.8. The van der Waals surface area contributed by atoms with Crippen molar-refractivity contribution < 1.29 is 46.3 Å². The first-order valence-electron chi connectivity index (χ1n) is 15.7. The average molecular weight is 704 g/mol. The molecule has 1 aliphatic heterocycles. The van der Waals surface area contributed by atoms with E-state index in [1.165, 1.54) is 36.3 Å². The fourth-order valence-corrected chi connectivity index (χ4v) is 6.58. The summed E-state index contributed by atoms with van der Waals surface area (Å²) in [5.74, 6) is -1.54. The van der Waals surface area contributed by atoms with Crippen LogP contribution in [0.4, 0.5) is 8.78 Å². The number of hydrogen-bond acceptors (Lipinski definition) is 8. The highest BCUT2D eigenvalue weighted by molar-refractivity contribution is 7.41. The van der Waals surface area contributed by atoms with Crippen LogP contribution in [0.15, 0.2) is 48.5 Å². The van der Waals surface area contributed by atoms with Gasteiger partial charge in [0.15, 0.2) is 0 Å². The van der Waals surface area contributed by atoms with E-state index in [1.807, 2.05) is 31.2 Å². The van der Waals surface area contributed by atoms with Crippen LogP contribution in [-0.2, 0) is 45.3 Å². The molecule has 264 valence electrons. The number of aldehydes is 1. The number of halogens is 2. The average Bonchev–Trinajstić information content (AvgIpc) is 3.71. The van der Waals surface area contributed by atoms with Gasteiger partial charge in [0, 0.05) is 30.5 Å². The zero-order valence-electron chi connectivity index (χ0n) is 27.3. The molecule has 1 saturated heterocycles. The van der Waals surface area contributed by atoms with Gasteiger partial charge in [-0.05, 0) is 74.9 Å². The Bertz CT molecular complexity index is 1660. The fraction of sp³-hybridized carbons (Fsp3) is 0.424. The minimum atomic E-state index is -3.70. The predicted molar refractivity (Wildman–Crippen MR) is 176 cm³/mol. The molecule has 5 atom stereocenters. The molecule has 49 heavy (non-hydrogen) atoms. The summed E-state index contributed by atoms with van der Waals surface area (Å²) in [5.41, 5.74) is 7.04. The molecule has 0 spiro atoms. The Balaban J connectivity index is 1.42. The highest BCUT2D eigenvalue weighted by Crippen LogP contribution is 2.48. The number of aromatic amines is 1. The summed E-state index contributed by atoms with van der Waals surface area (Å²) in [4.78, 5) is 65.5. The van der Waals surface area contributed by atoms with Gasteiger partial charge < -0.3 is 40.1 Å². The number of aromatic nitrogens is 1. The summed E-state index contributed by atoms with van der Waals surface area (Å²) in [6.45, 7) is 3.58. The van der Waals surface area contributed by atoms with Crippen LogP contribution in [0.25, 0.3) is 10.9 Å². The maximum Gasteiger partial charge on any atom is 0.389 e. The monoisotopic (exact) mass is 703 g/mol. The molecular formula is C33H40F2N5O8P.